The molecule has 0 saturated heterocycles. The van der Waals surface area contributed by atoms with Crippen LogP contribution in [0.4, 0.5) is 11.4 Å². The first kappa shape index (κ1) is 21.4. The van der Waals surface area contributed by atoms with Crippen LogP contribution < -0.4 is 16.5 Å². The van der Waals surface area contributed by atoms with Gasteiger partial charge in [-0.25, -0.2) is 0 Å². The topological polar surface area (TPSA) is 154 Å². The SMILES string of the molecule is NN=CNc1cccc(C(=O)Nc2ccc(CCC(=O)O)c(CCC(=O)O)c2)c1. The Labute approximate surface area is 167 Å². The summed E-state index contributed by atoms with van der Waals surface area (Å²) in [5, 5.41) is 26.8. The van der Waals surface area contributed by atoms with Crippen molar-refractivity contribution < 1.29 is 24.6 Å². The number of nitrogens with one attached hydrogen (secondary N) is 2. The summed E-state index contributed by atoms with van der Waals surface area (Å²) in [6.45, 7) is 0. The second kappa shape index (κ2) is 10.5. The van der Waals surface area contributed by atoms with Crippen molar-refractivity contribution in [3.05, 3.63) is 59.2 Å². The monoisotopic (exact) mass is 398 g/mol. The Morgan fingerprint density at radius 1 is 0.931 bits per heavy atom. The van der Waals surface area contributed by atoms with E-state index >= 15 is 0 Å². The summed E-state index contributed by atoms with van der Waals surface area (Å²) in [6.07, 6.45) is 1.67. The van der Waals surface area contributed by atoms with Gasteiger partial charge in [0.15, 0.2) is 0 Å². The number of aryl methyl sites for hydroxylation is 2. The second-order valence-corrected chi connectivity index (χ2v) is 6.23. The standard InChI is InChI=1S/C20H22N4O5/c21-23-12-22-16-3-1-2-15(11-16)20(29)24-17-7-4-13(5-8-18(25)26)14(10-17)6-9-19(27)28/h1-4,7,10-12H,5-6,8-9,21H2,(H,22,23)(H,24,29)(H,25,26)(H,27,28). The number of hydrogen-bond donors (Lipinski definition) is 5. The maximum atomic E-state index is 12.5. The van der Waals surface area contributed by atoms with Crippen molar-refractivity contribution in [3.8, 4) is 0 Å². The highest BCUT2D eigenvalue weighted by atomic mass is 16.4. The fraction of sp³-hybridized carbons (Fsp3) is 0.200. The van der Waals surface area contributed by atoms with Gasteiger partial charge in [0.1, 0.15) is 6.34 Å². The molecule has 6 N–H and O–H groups in total. The first-order valence-electron chi connectivity index (χ1n) is 8.84. The van der Waals surface area contributed by atoms with E-state index in [0.29, 0.717) is 22.5 Å². The molecule has 0 aromatic heterocycles. The van der Waals surface area contributed by atoms with Crippen molar-refractivity contribution >= 4 is 35.6 Å². The molecule has 0 fully saturated rings. The van der Waals surface area contributed by atoms with Gasteiger partial charge in [0.2, 0.25) is 0 Å². The zero-order chi connectivity index (χ0) is 21.2. The summed E-state index contributed by atoms with van der Waals surface area (Å²) in [6, 6.07) is 11.8. The van der Waals surface area contributed by atoms with Gasteiger partial charge in [-0.2, -0.15) is 5.10 Å². The predicted molar refractivity (Wildman–Crippen MR) is 109 cm³/mol. The Balaban J connectivity index is 2.18. The molecule has 9 nitrogen and oxygen atoms in total. The number of carbonyl (C=O) groups excluding carboxylic acids is 1. The zero-order valence-electron chi connectivity index (χ0n) is 15.6. The summed E-state index contributed by atoms with van der Waals surface area (Å²) in [7, 11) is 0. The molecule has 0 atom stereocenters. The number of nitrogens with two attached hydrogens (primary N) is 1. The smallest absolute Gasteiger partial charge is 0.303 e. The molecule has 0 radical (unpaired) electrons. The van der Waals surface area contributed by atoms with Crippen LogP contribution >= 0.6 is 0 Å². The van der Waals surface area contributed by atoms with Crippen molar-refractivity contribution in [2.24, 2.45) is 10.9 Å². The van der Waals surface area contributed by atoms with Crippen molar-refractivity contribution in [1.82, 2.24) is 0 Å². The summed E-state index contributed by atoms with van der Waals surface area (Å²) in [4.78, 5) is 34.3. The Morgan fingerprint density at radius 3 is 2.28 bits per heavy atom. The first-order chi connectivity index (χ1) is 13.9. The van der Waals surface area contributed by atoms with Crippen LogP contribution in [0.3, 0.4) is 0 Å². The van der Waals surface area contributed by atoms with E-state index in [4.69, 9.17) is 16.1 Å². The Kier molecular flexibility index (Phi) is 7.72. The van der Waals surface area contributed by atoms with Crippen molar-refractivity contribution in [2.45, 2.75) is 25.7 Å². The highest BCUT2D eigenvalue weighted by Gasteiger charge is 2.11. The number of hydrogen-bond acceptors (Lipinski definition) is 5. The van der Waals surface area contributed by atoms with Crippen LogP contribution in [0.25, 0.3) is 0 Å². The number of hydrazone groups is 1. The number of carboxylic acids is 2. The predicted octanol–water partition coefficient (Wildman–Crippen LogP) is 2.29. The van der Waals surface area contributed by atoms with Crippen LogP contribution in [0.1, 0.15) is 34.3 Å². The number of nitrogens with zero attached hydrogens (tertiary/aromatic N) is 1. The molecule has 2 aromatic carbocycles. The molecule has 0 spiro atoms. The average molecular weight is 398 g/mol. The number of carbonyl (C=O) groups is 3. The van der Waals surface area contributed by atoms with E-state index in [1.165, 1.54) is 6.34 Å². The lowest BCUT2D eigenvalue weighted by atomic mass is 9.98. The highest BCUT2D eigenvalue weighted by Crippen LogP contribution is 2.21. The largest absolute Gasteiger partial charge is 0.481 e. The van der Waals surface area contributed by atoms with Crippen LogP contribution in [-0.2, 0) is 22.4 Å². The number of anilines is 2. The van der Waals surface area contributed by atoms with Gasteiger partial charge in [0, 0.05) is 29.8 Å². The van der Waals surface area contributed by atoms with E-state index < -0.39 is 11.9 Å². The summed E-state index contributed by atoms with van der Waals surface area (Å²) in [5.74, 6) is 2.82. The van der Waals surface area contributed by atoms with E-state index in [-0.39, 0.29) is 31.6 Å². The van der Waals surface area contributed by atoms with Gasteiger partial charge < -0.3 is 26.7 Å². The number of rotatable bonds is 10. The molecule has 0 aliphatic heterocycles. The van der Waals surface area contributed by atoms with Crippen LogP contribution in [0, 0.1) is 0 Å². The number of carboxylic acid groups (broad SMARTS) is 2. The average Bonchev–Trinajstić information content (AvgIpc) is 2.70. The van der Waals surface area contributed by atoms with E-state index in [1.807, 2.05) is 0 Å². The molecular weight excluding hydrogens is 376 g/mol. The number of benzene rings is 2. The summed E-state index contributed by atoms with van der Waals surface area (Å²) >= 11 is 0. The minimum Gasteiger partial charge on any atom is -0.481 e. The molecule has 2 aromatic rings. The molecule has 0 bridgehead atoms. The summed E-state index contributed by atoms with van der Waals surface area (Å²) in [5.41, 5.74) is 2.98. The normalized spacial score (nSPS) is 10.6. The lowest BCUT2D eigenvalue weighted by Gasteiger charge is -2.12. The lowest BCUT2D eigenvalue weighted by molar-refractivity contribution is -0.138. The van der Waals surface area contributed by atoms with Gasteiger partial charge in [-0.15, -0.1) is 0 Å². The van der Waals surface area contributed by atoms with Gasteiger partial charge in [-0.05, 0) is 54.3 Å². The molecule has 0 aliphatic carbocycles. The molecule has 2 rings (SSSR count). The first-order valence-corrected chi connectivity index (χ1v) is 8.84. The van der Waals surface area contributed by atoms with Gasteiger partial charge in [0.25, 0.3) is 5.91 Å². The molecule has 0 saturated carbocycles. The van der Waals surface area contributed by atoms with Crippen LogP contribution in [0.5, 0.6) is 0 Å². The molecule has 9 heteroatoms. The van der Waals surface area contributed by atoms with Crippen molar-refractivity contribution in [3.63, 3.8) is 0 Å². The molecule has 1 amide bonds. The molecule has 0 heterocycles. The van der Waals surface area contributed by atoms with E-state index in [1.54, 1.807) is 42.5 Å². The van der Waals surface area contributed by atoms with E-state index in [0.717, 1.165) is 5.56 Å². The molecule has 0 aliphatic rings. The maximum Gasteiger partial charge on any atom is 0.303 e. The van der Waals surface area contributed by atoms with Gasteiger partial charge >= 0.3 is 11.9 Å². The number of aliphatic carboxylic acids is 2. The third kappa shape index (κ3) is 6.98. The quantitative estimate of drug-likeness (QED) is 0.178. The Bertz CT molecular complexity index is 927. The minimum absolute atomic E-state index is 0.0579. The fourth-order valence-electron chi connectivity index (χ4n) is 2.73. The third-order valence-electron chi connectivity index (χ3n) is 4.11. The minimum atomic E-state index is -0.950. The molecule has 0 unspecified atom stereocenters. The van der Waals surface area contributed by atoms with Crippen molar-refractivity contribution in [1.29, 1.82) is 0 Å². The van der Waals surface area contributed by atoms with Crippen LogP contribution in [-0.4, -0.2) is 34.4 Å². The van der Waals surface area contributed by atoms with Gasteiger partial charge in [-0.1, -0.05) is 12.1 Å². The fourth-order valence-corrected chi connectivity index (χ4v) is 2.73. The van der Waals surface area contributed by atoms with E-state index in [2.05, 4.69) is 15.7 Å². The zero-order valence-corrected chi connectivity index (χ0v) is 15.6. The Hall–Kier alpha value is -3.88. The van der Waals surface area contributed by atoms with Crippen molar-refractivity contribution in [2.75, 3.05) is 10.6 Å². The van der Waals surface area contributed by atoms with Gasteiger partial charge in [-0.3, -0.25) is 14.4 Å². The van der Waals surface area contributed by atoms with Crippen LogP contribution in [0.2, 0.25) is 0 Å². The second-order valence-electron chi connectivity index (χ2n) is 6.23. The lowest BCUT2D eigenvalue weighted by Crippen LogP contribution is -2.13. The van der Waals surface area contributed by atoms with Gasteiger partial charge in [0.05, 0.1) is 0 Å². The molecule has 29 heavy (non-hydrogen) atoms. The Morgan fingerprint density at radius 2 is 1.62 bits per heavy atom. The maximum absolute atomic E-state index is 12.5. The number of amides is 1. The summed E-state index contributed by atoms with van der Waals surface area (Å²) < 4.78 is 0. The molecular formula is C20H22N4O5. The molecule has 152 valence electrons. The van der Waals surface area contributed by atoms with E-state index in [9.17, 15) is 14.4 Å². The highest BCUT2D eigenvalue weighted by molar-refractivity contribution is 6.05. The van der Waals surface area contributed by atoms with Crippen LogP contribution in [0.15, 0.2) is 47.6 Å². The third-order valence-corrected chi connectivity index (χ3v) is 4.11.